The molecule has 1 atom stereocenters. The summed E-state index contributed by atoms with van der Waals surface area (Å²) >= 11 is 1.30. The van der Waals surface area contributed by atoms with Crippen LogP contribution in [0.15, 0.2) is 5.16 Å². The number of rotatable bonds is 4. The molecule has 0 aliphatic carbocycles. The van der Waals surface area contributed by atoms with Gasteiger partial charge in [-0.25, -0.2) is 0 Å². The van der Waals surface area contributed by atoms with Crippen molar-refractivity contribution >= 4 is 22.7 Å². The third-order valence-corrected chi connectivity index (χ3v) is 2.53. The van der Waals surface area contributed by atoms with Crippen LogP contribution in [0.4, 0.5) is 0 Å². The van der Waals surface area contributed by atoms with E-state index in [1.807, 2.05) is 6.92 Å². The second kappa shape index (κ2) is 6.77. The lowest BCUT2D eigenvalue weighted by Gasteiger charge is -2.13. The normalized spacial score (nSPS) is 13.9. The van der Waals surface area contributed by atoms with Gasteiger partial charge in [0, 0.05) is 7.05 Å². The predicted molar refractivity (Wildman–Crippen MR) is 55.2 cm³/mol. The van der Waals surface area contributed by atoms with Gasteiger partial charge >= 0.3 is 0 Å². The quantitative estimate of drug-likeness (QED) is 0.314. The molecule has 76 valence electrons. The molecule has 0 bridgehead atoms. The number of amides is 1. The van der Waals surface area contributed by atoms with Crippen molar-refractivity contribution in [3.05, 3.63) is 0 Å². The van der Waals surface area contributed by atoms with Crippen LogP contribution in [-0.4, -0.2) is 29.5 Å². The molecule has 0 aromatic carbocycles. The maximum Gasteiger partial charge on any atom is 0.229 e. The molecular formula is C8H16N2O2S. The Balaban J connectivity index is 4.48. The van der Waals surface area contributed by atoms with E-state index in [2.05, 4.69) is 10.5 Å². The molecule has 0 heterocycles. The SMILES string of the molecule is CCCC(C(=O)NC)/C(=N/O)SC. The molecule has 0 saturated carbocycles. The van der Waals surface area contributed by atoms with Gasteiger partial charge in [0.2, 0.25) is 5.91 Å². The highest BCUT2D eigenvalue weighted by atomic mass is 32.2. The van der Waals surface area contributed by atoms with Gasteiger partial charge in [-0.3, -0.25) is 4.79 Å². The zero-order valence-electron chi connectivity index (χ0n) is 8.20. The van der Waals surface area contributed by atoms with E-state index in [9.17, 15) is 4.79 Å². The molecule has 4 nitrogen and oxygen atoms in total. The summed E-state index contributed by atoms with van der Waals surface area (Å²) in [5, 5.41) is 14.8. The molecule has 0 spiro atoms. The van der Waals surface area contributed by atoms with Crippen molar-refractivity contribution in [3.8, 4) is 0 Å². The molecule has 1 amide bonds. The predicted octanol–water partition coefficient (Wildman–Crippen LogP) is 1.30. The van der Waals surface area contributed by atoms with E-state index in [1.165, 1.54) is 11.8 Å². The molecule has 0 radical (unpaired) electrons. The smallest absolute Gasteiger partial charge is 0.229 e. The maximum absolute atomic E-state index is 11.3. The summed E-state index contributed by atoms with van der Waals surface area (Å²) in [6, 6.07) is 0. The molecule has 0 aliphatic heterocycles. The molecular weight excluding hydrogens is 188 g/mol. The molecule has 5 heteroatoms. The van der Waals surface area contributed by atoms with E-state index in [0.29, 0.717) is 11.5 Å². The number of carbonyl (C=O) groups excluding carboxylic acids is 1. The maximum atomic E-state index is 11.3. The summed E-state index contributed by atoms with van der Waals surface area (Å²) < 4.78 is 0. The van der Waals surface area contributed by atoms with Crippen molar-refractivity contribution in [2.24, 2.45) is 11.1 Å². The van der Waals surface area contributed by atoms with E-state index in [4.69, 9.17) is 5.21 Å². The summed E-state index contributed by atoms with van der Waals surface area (Å²) in [5.41, 5.74) is 0. The third kappa shape index (κ3) is 3.67. The molecule has 2 N–H and O–H groups in total. The van der Waals surface area contributed by atoms with Crippen LogP contribution in [0.5, 0.6) is 0 Å². The van der Waals surface area contributed by atoms with Crippen LogP contribution in [0.25, 0.3) is 0 Å². The van der Waals surface area contributed by atoms with Crippen molar-refractivity contribution in [3.63, 3.8) is 0 Å². The Labute approximate surface area is 82.8 Å². The first-order chi connectivity index (χ1) is 6.21. The minimum atomic E-state index is -0.310. The van der Waals surface area contributed by atoms with Crippen LogP contribution in [0, 0.1) is 5.92 Å². The highest BCUT2D eigenvalue weighted by Gasteiger charge is 2.22. The Morgan fingerprint density at radius 3 is 2.62 bits per heavy atom. The van der Waals surface area contributed by atoms with E-state index >= 15 is 0 Å². The molecule has 0 fully saturated rings. The Kier molecular flexibility index (Phi) is 6.40. The van der Waals surface area contributed by atoms with Gasteiger partial charge in [0.05, 0.1) is 5.92 Å². The zero-order chi connectivity index (χ0) is 10.3. The largest absolute Gasteiger partial charge is 0.410 e. The Morgan fingerprint density at radius 1 is 1.69 bits per heavy atom. The zero-order valence-corrected chi connectivity index (χ0v) is 9.02. The molecule has 0 aliphatic rings. The number of thioether (sulfide) groups is 1. The van der Waals surface area contributed by atoms with Crippen LogP contribution in [0.3, 0.4) is 0 Å². The number of oxime groups is 1. The van der Waals surface area contributed by atoms with Crippen LogP contribution in [-0.2, 0) is 4.79 Å². The van der Waals surface area contributed by atoms with Crippen LogP contribution in [0.1, 0.15) is 19.8 Å². The molecule has 13 heavy (non-hydrogen) atoms. The second-order valence-electron chi connectivity index (χ2n) is 2.60. The van der Waals surface area contributed by atoms with Crippen molar-refractivity contribution in [2.75, 3.05) is 13.3 Å². The Morgan fingerprint density at radius 2 is 2.31 bits per heavy atom. The number of nitrogens with zero attached hydrogens (tertiary/aromatic N) is 1. The molecule has 0 saturated heterocycles. The standard InChI is InChI=1S/C8H16N2O2S/c1-4-5-6(7(11)9-2)8(10-12)13-3/h6,12H,4-5H2,1-3H3,(H,9,11)/b10-8-. The van der Waals surface area contributed by atoms with Crippen molar-refractivity contribution in [2.45, 2.75) is 19.8 Å². The summed E-state index contributed by atoms with van der Waals surface area (Å²) in [6.07, 6.45) is 3.39. The van der Waals surface area contributed by atoms with Crippen molar-refractivity contribution in [1.82, 2.24) is 5.32 Å². The topological polar surface area (TPSA) is 61.7 Å². The fourth-order valence-corrected chi connectivity index (χ4v) is 1.67. The van der Waals surface area contributed by atoms with E-state index in [-0.39, 0.29) is 11.8 Å². The Bertz CT molecular complexity index is 195. The van der Waals surface area contributed by atoms with Gasteiger partial charge < -0.3 is 10.5 Å². The summed E-state index contributed by atoms with van der Waals surface area (Å²) in [4.78, 5) is 11.3. The van der Waals surface area contributed by atoms with E-state index in [1.54, 1.807) is 13.3 Å². The first kappa shape index (κ1) is 12.3. The van der Waals surface area contributed by atoms with Gasteiger partial charge in [0.25, 0.3) is 0 Å². The van der Waals surface area contributed by atoms with Gasteiger partial charge in [0.1, 0.15) is 5.04 Å². The molecule has 0 aromatic rings. The first-order valence-corrected chi connectivity index (χ1v) is 5.41. The summed E-state index contributed by atoms with van der Waals surface area (Å²) in [6.45, 7) is 1.99. The molecule has 0 aromatic heterocycles. The first-order valence-electron chi connectivity index (χ1n) is 4.18. The van der Waals surface area contributed by atoms with Crippen LogP contribution in [0.2, 0.25) is 0 Å². The molecule has 0 rings (SSSR count). The van der Waals surface area contributed by atoms with Crippen molar-refractivity contribution in [1.29, 1.82) is 0 Å². The van der Waals surface area contributed by atoms with Crippen LogP contribution < -0.4 is 5.32 Å². The number of nitrogens with one attached hydrogen (secondary N) is 1. The highest BCUT2D eigenvalue weighted by molar-refractivity contribution is 8.13. The minimum absolute atomic E-state index is 0.0935. The monoisotopic (exact) mass is 204 g/mol. The van der Waals surface area contributed by atoms with E-state index in [0.717, 1.165) is 6.42 Å². The lowest BCUT2D eigenvalue weighted by molar-refractivity contribution is -0.122. The van der Waals surface area contributed by atoms with Gasteiger partial charge in [-0.05, 0) is 12.7 Å². The fourth-order valence-electron chi connectivity index (χ4n) is 1.08. The summed E-state index contributed by atoms with van der Waals surface area (Å²) in [7, 11) is 1.58. The third-order valence-electron chi connectivity index (χ3n) is 1.75. The Hall–Kier alpha value is -0.710. The summed E-state index contributed by atoms with van der Waals surface area (Å²) in [5.74, 6) is -0.404. The lowest BCUT2D eigenvalue weighted by atomic mass is 10.0. The minimum Gasteiger partial charge on any atom is -0.410 e. The second-order valence-corrected chi connectivity index (χ2v) is 3.42. The van der Waals surface area contributed by atoms with Gasteiger partial charge in [-0.1, -0.05) is 18.5 Å². The highest BCUT2D eigenvalue weighted by Crippen LogP contribution is 2.16. The van der Waals surface area contributed by atoms with E-state index < -0.39 is 0 Å². The molecule has 1 unspecified atom stereocenters. The lowest BCUT2D eigenvalue weighted by Crippen LogP contribution is -2.31. The number of hydrogen-bond donors (Lipinski definition) is 2. The number of carbonyl (C=O) groups is 1. The average Bonchev–Trinajstić information content (AvgIpc) is 2.17. The fraction of sp³-hybridized carbons (Fsp3) is 0.750. The van der Waals surface area contributed by atoms with Crippen LogP contribution >= 0.6 is 11.8 Å². The van der Waals surface area contributed by atoms with Gasteiger partial charge in [-0.2, -0.15) is 0 Å². The average molecular weight is 204 g/mol. The van der Waals surface area contributed by atoms with Gasteiger partial charge in [0.15, 0.2) is 0 Å². The number of hydrogen-bond acceptors (Lipinski definition) is 4. The van der Waals surface area contributed by atoms with Gasteiger partial charge in [-0.15, -0.1) is 11.8 Å². The van der Waals surface area contributed by atoms with Crippen molar-refractivity contribution < 1.29 is 10.0 Å².